The maximum atomic E-state index is 12.3. The van der Waals surface area contributed by atoms with Crippen LogP contribution in [-0.4, -0.2) is 24.6 Å². The zero-order valence-electron chi connectivity index (χ0n) is 14.9. The Morgan fingerprint density at radius 2 is 1.85 bits per heavy atom. The van der Waals surface area contributed by atoms with E-state index in [9.17, 15) is 13.2 Å². The van der Waals surface area contributed by atoms with Crippen molar-refractivity contribution in [1.82, 2.24) is 4.57 Å². The second-order valence-electron chi connectivity index (χ2n) is 6.40. The van der Waals surface area contributed by atoms with E-state index in [-0.39, 0.29) is 5.75 Å². The average Bonchev–Trinajstić information content (AvgIpc) is 2.82. The number of thiazole rings is 1. The number of nitrogens with zero attached hydrogens (tertiary/aromatic N) is 2. The molecule has 26 heavy (non-hydrogen) atoms. The first-order valence-electron chi connectivity index (χ1n) is 8.14. The van der Waals surface area contributed by atoms with E-state index in [1.807, 2.05) is 37.6 Å². The first-order valence-corrected chi connectivity index (χ1v) is 10.8. The van der Waals surface area contributed by atoms with Crippen LogP contribution in [0.3, 0.4) is 0 Å². The Balaban J connectivity index is 1.88. The molecule has 1 aromatic heterocycles. The van der Waals surface area contributed by atoms with Crippen molar-refractivity contribution in [2.45, 2.75) is 19.6 Å². The first-order chi connectivity index (χ1) is 12.2. The lowest BCUT2D eigenvalue weighted by atomic mass is 10.1. The van der Waals surface area contributed by atoms with Crippen molar-refractivity contribution in [3.63, 3.8) is 0 Å². The minimum absolute atomic E-state index is 0.161. The van der Waals surface area contributed by atoms with Gasteiger partial charge in [-0.1, -0.05) is 47.7 Å². The third kappa shape index (κ3) is 4.11. The molecule has 136 valence electrons. The molecule has 0 saturated heterocycles. The van der Waals surface area contributed by atoms with Gasteiger partial charge in [0.1, 0.15) is 5.75 Å². The van der Waals surface area contributed by atoms with Crippen molar-refractivity contribution in [1.29, 1.82) is 0 Å². The van der Waals surface area contributed by atoms with E-state index in [4.69, 9.17) is 0 Å². The number of aryl methyl sites for hydroxylation is 3. The van der Waals surface area contributed by atoms with Crippen LogP contribution in [0.15, 0.2) is 47.5 Å². The van der Waals surface area contributed by atoms with E-state index in [0.717, 1.165) is 21.3 Å². The van der Waals surface area contributed by atoms with Crippen molar-refractivity contribution in [2.75, 3.05) is 5.75 Å². The Bertz CT molecular complexity index is 1140. The highest BCUT2D eigenvalue weighted by Gasteiger charge is 2.17. The van der Waals surface area contributed by atoms with Crippen LogP contribution in [0, 0.1) is 13.8 Å². The van der Waals surface area contributed by atoms with E-state index in [2.05, 4.69) is 11.1 Å². The third-order valence-corrected chi connectivity index (χ3v) is 6.57. The molecule has 0 aliphatic carbocycles. The highest BCUT2D eigenvalue weighted by atomic mass is 32.2. The highest BCUT2D eigenvalue weighted by Crippen LogP contribution is 2.22. The van der Waals surface area contributed by atoms with Crippen LogP contribution in [0.25, 0.3) is 10.2 Å². The summed E-state index contributed by atoms with van der Waals surface area (Å²) in [6.07, 6.45) is 0. The quantitative estimate of drug-likeness (QED) is 0.690. The monoisotopic (exact) mass is 388 g/mol. The van der Waals surface area contributed by atoms with Gasteiger partial charge < -0.3 is 4.57 Å². The molecule has 0 saturated carbocycles. The van der Waals surface area contributed by atoms with Crippen LogP contribution >= 0.6 is 11.3 Å². The van der Waals surface area contributed by atoms with E-state index in [1.54, 1.807) is 24.3 Å². The standard InChI is InChI=1S/C19H20N2O3S2/c1-13-9-14(2)18-16(10-13)25-19(21(18)3)20-17(22)12-26(23,24)11-15-7-5-4-6-8-15/h4-10H,11-12H2,1-3H3. The van der Waals surface area contributed by atoms with Gasteiger partial charge in [0.2, 0.25) is 0 Å². The van der Waals surface area contributed by atoms with Crippen LogP contribution in [0.2, 0.25) is 0 Å². The fraction of sp³-hybridized carbons (Fsp3) is 0.263. The zero-order chi connectivity index (χ0) is 18.9. The van der Waals surface area contributed by atoms with E-state index < -0.39 is 21.5 Å². The third-order valence-electron chi connectivity index (χ3n) is 4.03. The van der Waals surface area contributed by atoms with Crippen LogP contribution < -0.4 is 4.80 Å². The van der Waals surface area contributed by atoms with Crippen LogP contribution in [0.1, 0.15) is 16.7 Å². The maximum Gasteiger partial charge on any atom is 0.263 e. The second-order valence-corrected chi connectivity index (χ2v) is 9.47. The van der Waals surface area contributed by atoms with E-state index in [1.165, 1.54) is 11.3 Å². The van der Waals surface area contributed by atoms with Crippen LogP contribution in [-0.2, 0) is 27.4 Å². The molecule has 0 spiro atoms. The molecule has 2 aromatic carbocycles. The van der Waals surface area contributed by atoms with Crippen molar-refractivity contribution in [3.8, 4) is 0 Å². The number of sulfone groups is 1. The predicted molar refractivity (Wildman–Crippen MR) is 105 cm³/mol. The summed E-state index contributed by atoms with van der Waals surface area (Å²) in [4.78, 5) is 16.8. The summed E-state index contributed by atoms with van der Waals surface area (Å²) in [7, 11) is -1.72. The number of carbonyl (C=O) groups excluding carboxylic acids is 1. The van der Waals surface area contributed by atoms with Crippen molar-refractivity contribution in [2.24, 2.45) is 12.0 Å². The minimum atomic E-state index is -3.56. The summed E-state index contributed by atoms with van der Waals surface area (Å²) in [5.41, 5.74) is 3.92. The Morgan fingerprint density at radius 1 is 1.15 bits per heavy atom. The molecule has 0 N–H and O–H groups in total. The first kappa shape index (κ1) is 18.5. The van der Waals surface area contributed by atoms with Gasteiger partial charge in [0.15, 0.2) is 14.6 Å². The maximum absolute atomic E-state index is 12.3. The fourth-order valence-corrected chi connectivity index (χ4v) is 5.45. The molecular weight excluding hydrogens is 368 g/mol. The second kappa shape index (κ2) is 7.17. The summed E-state index contributed by atoms with van der Waals surface area (Å²) >= 11 is 1.39. The van der Waals surface area contributed by atoms with Crippen molar-refractivity contribution in [3.05, 3.63) is 64.0 Å². The zero-order valence-corrected chi connectivity index (χ0v) is 16.5. The minimum Gasteiger partial charge on any atom is -0.319 e. The van der Waals surface area contributed by atoms with Gasteiger partial charge in [0.05, 0.1) is 16.0 Å². The summed E-state index contributed by atoms with van der Waals surface area (Å²) in [6.45, 7) is 4.03. The number of aromatic nitrogens is 1. The SMILES string of the molecule is Cc1cc(C)c2c(c1)sc(=NC(=O)CS(=O)(=O)Cc1ccccc1)n2C. The van der Waals surface area contributed by atoms with Gasteiger partial charge in [-0.15, -0.1) is 0 Å². The molecule has 0 atom stereocenters. The molecule has 3 aromatic rings. The normalized spacial score (nSPS) is 12.7. The van der Waals surface area contributed by atoms with Gasteiger partial charge in [-0.25, -0.2) is 8.42 Å². The van der Waals surface area contributed by atoms with Gasteiger partial charge >= 0.3 is 0 Å². The number of rotatable bonds is 4. The van der Waals surface area contributed by atoms with Gasteiger partial charge in [-0.05, 0) is 36.6 Å². The average molecular weight is 389 g/mol. The molecule has 0 radical (unpaired) electrons. The van der Waals surface area contributed by atoms with Gasteiger partial charge in [0, 0.05) is 7.05 Å². The van der Waals surface area contributed by atoms with Gasteiger partial charge in [0.25, 0.3) is 5.91 Å². The van der Waals surface area contributed by atoms with Crippen LogP contribution in [0.5, 0.6) is 0 Å². The lowest BCUT2D eigenvalue weighted by molar-refractivity contribution is -0.115. The lowest BCUT2D eigenvalue weighted by Crippen LogP contribution is -2.20. The molecule has 5 nitrogen and oxygen atoms in total. The summed E-state index contributed by atoms with van der Waals surface area (Å²) in [6, 6.07) is 13.0. The topological polar surface area (TPSA) is 68.5 Å². The largest absolute Gasteiger partial charge is 0.319 e. The number of carbonyl (C=O) groups is 1. The fourth-order valence-electron chi connectivity index (χ4n) is 3.00. The Hall–Kier alpha value is -2.25. The summed E-state index contributed by atoms with van der Waals surface area (Å²) < 4.78 is 27.4. The number of hydrogen-bond acceptors (Lipinski definition) is 4. The molecule has 0 aliphatic rings. The number of amides is 1. The molecule has 3 rings (SSSR count). The summed E-state index contributed by atoms with van der Waals surface area (Å²) in [5.74, 6) is -1.39. The molecule has 0 fully saturated rings. The smallest absolute Gasteiger partial charge is 0.263 e. The Kier molecular flexibility index (Phi) is 5.11. The molecule has 7 heteroatoms. The number of fused-ring (bicyclic) bond motifs is 1. The predicted octanol–water partition coefficient (Wildman–Crippen LogP) is 2.90. The summed E-state index contributed by atoms with van der Waals surface area (Å²) in [5, 5.41) is 0. The number of hydrogen-bond donors (Lipinski definition) is 0. The van der Waals surface area contributed by atoms with Crippen molar-refractivity contribution >= 4 is 37.3 Å². The molecule has 0 aliphatic heterocycles. The molecular formula is C19H20N2O3S2. The Morgan fingerprint density at radius 3 is 2.54 bits per heavy atom. The van der Waals surface area contributed by atoms with Gasteiger partial charge in [-0.3, -0.25) is 4.79 Å². The molecule has 1 amide bonds. The molecule has 0 unspecified atom stereocenters. The Labute approximate surface area is 156 Å². The highest BCUT2D eigenvalue weighted by molar-refractivity contribution is 7.91. The molecule has 1 heterocycles. The van der Waals surface area contributed by atoms with Crippen LogP contribution in [0.4, 0.5) is 0 Å². The molecule has 0 bridgehead atoms. The number of benzene rings is 2. The van der Waals surface area contributed by atoms with E-state index >= 15 is 0 Å². The van der Waals surface area contributed by atoms with Crippen molar-refractivity contribution < 1.29 is 13.2 Å². The van der Waals surface area contributed by atoms with E-state index in [0.29, 0.717) is 10.4 Å². The van der Waals surface area contributed by atoms with Gasteiger partial charge in [-0.2, -0.15) is 4.99 Å². The lowest BCUT2D eigenvalue weighted by Gasteiger charge is -2.02.